The molecule has 1 saturated carbocycles. The maximum atomic E-state index is 12.4. The molecule has 1 rings (SSSR count). The van der Waals surface area contributed by atoms with Gasteiger partial charge in [-0.25, -0.2) is 0 Å². The van der Waals surface area contributed by atoms with Crippen LogP contribution in [-0.2, 0) is 0 Å². The Morgan fingerprint density at radius 2 is 1.64 bits per heavy atom. The van der Waals surface area contributed by atoms with Gasteiger partial charge in [0.2, 0.25) is 0 Å². The molecular weight excluding hydrogens is 210 g/mol. The van der Waals surface area contributed by atoms with Crippen molar-refractivity contribution < 1.29 is 26.3 Å². The van der Waals surface area contributed by atoms with Gasteiger partial charge in [-0.3, -0.25) is 0 Å². The minimum absolute atomic E-state index is 0.267. The molecule has 0 N–H and O–H groups in total. The second kappa shape index (κ2) is 3.03. The Balaban J connectivity index is 2.65. The van der Waals surface area contributed by atoms with Crippen LogP contribution >= 0.6 is 0 Å². The molecule has 0 spiro atoms. The van der Waals surface area contributed by atoms with E-state index in [4.69, 9.17) is 0 Å². The van der Waals surface area contributed by atoms with Crippen molar-refractivity contribution in [3.63, 3.8) is 0 Å². The van der Waals surface area contributed by atoms with Crippen LogP contribution in [0, 0.1) is 11.3 Å². The third-order valence-corrected chi connectivity index (χ3v) is 2.91. The fourth-order valence-electron chi connectivity index (χ4n) is 1.91. The first-order valence-corrected chi connectivity index (χ1v) is 4.26. The van der Waals surface area contributed by atoms with Crippen molar-refractivity contribution in [3.05, 3.63) is 0 Å². The molecule has 1 aliphatic carbocycles. The van der Waals surface area contributed by atoms with Crippen molar-refractivity contribution in [1.29, 1.82) is 0 Å². The van der Waals surface area contributed by atoms with Crippen molar-refractivity contribution in [2.75, 3.05) is 0 Å². The Morgan fingerprint density at radius 3 is 1.86 bits per heavy atom. The molecule has 0 saturated heterocycles. The Bertz CT molecular complexity index is 215. The molecule has 0 aromatic rings. The van der Waals surface area contributed by atoms with E-state index in [1.54, 1.807) is 0 Å². The lowest BCUT2D eigenvalue weighted by atomic mass is 9.98. The molecule has 0 aliphatic heterocycles. The number of halogens is 6. The zero-order valence-corrected chi connectivity index (χ0v) is 7.47. The van der Waals surface area contributed by atoms with Gasteiger partial charge in [0.1, 0.15) is 0 Å². The summed E-state index contributed by atoms with van der Waals surface area (Å²) in [6.07, 6.45) is -11.0. The highest BCUT2D eigenvalue weighted by Crippen LogP contribution is 2.67. The second-order valence-corrected chi connectivity index (χ2v) is 3.73. The first kappa shape index (κ1) is 11.7. The molecule has 0 heterocycles. The molecule has 0 aromatic carbocycles. The normalized spacial score (nSPS) is 33.2. The van der Waals surface area contributed by atoms with Gasteiger partial charge in [0.25, 0.3) is 0 Å². The number of hydrogen-bond acceptors (Lipinski definition) is 0. The monoisotopic (exact) mass is 220 g/mol. The highest BCUT2D eigenvalue weighted by atomic mass is 19.4. The van der Waals surface area contributed by atoms with Crippen LogP contribution in [-0.4, -0.2) is 12.4 Å². The topological polar surface area (TPSA) is 0 Å². The predicted molar refractivity (Wildman–Crippen MR) is 37.6 cm³/mol. The van der Waals surface area contributed by atoms with Crippen LogP contribution in [0.5, 0.6) is 0 Å². The molecule has 6 heteroatoms. The average Bonchev–Trinajstić information content (AvgIpc) is 2.58. The lowest BCUT2D eigenvalue weighted by Gasteiger charge is -2.19. The van der Waals surface area contributed by atoms with E-state index in [9.17, 15) is 26.3 Å². The first-order valence-electron chi connectivity index (χ1n) is 4.26. The molecule has 2 unspecified atom stereocenters. The van der Waals surface area contributed by atoms with Crippen molar-refractivity contribution in [1.82, 2.24) is 0 Å². The van der Waals surface area contributed by atoms with E-state index in [1.165, 1.54) is 6.92 Å². The second-order valence-electron chi connectivity index (χ2n) is 3.73. The zero-order chi connectivity index (χ0) is 11.2. The van der Waals surface area contributed by atoms with Crippen LogP contribution in [0.25, 0.3) is 0 Å². The maximum absolute atomic E-state index is 12.4. The summed E-state index contributed by atoms with van der Waals surface area (Å²) >= 11 is 0. The zero-order valence-electron chi connectivity index (χ0n) is 7.47. The summed E-state index contributed by atoms with van der Waals surface area (Å²) in [4.78, 5) is 0. The lowest BCUT2D eigenvalue weighted by molar-refractivity contribution is -0.200. The van der Waals surface area contributed by atoms with Gasteiger partial charge in [0.05, 0.1) is 5.41 Å². The first-order chi connectivity index (χ1) is 6.12. The van der Waals surface area contributed by atoms with Crippen LogP contribution in [0.2, 0.25) is 0 Å². The molecule has 0 bridgehead atoms. The molecule has 0 amide bonds. The van der Waals surface area contributed by atoms with E-state index in [1.807, 2.05) is 0 Å². The van der Waals surface area contributed by atoms with Gasteiger partial charge >= 0.3 is 12.4 Å². The van der Waals surface area contributed by atoms with E-state index < -0.39 is 30.1 Å². The smallest absolute Gasteiger partial charge is 0.171 e. The van der Waals surface area contributed by atoms with E-state index in [0.29, 0.717) is 0 Å². The van der Waals surface area contributed by atoms with Crippen LogP contribution in [0.3, 0.4) is 0 Å². The molecule has 0 nitrogen and oxygen atoms in total. The molecule has 1 fully saturated rings. The Hall–Kier alpha value is -0.420. The van der Waals surface area contributed by atoms with Crippen LogP contribution in [0.1, 0.15) is 26.2 Å². The van der Waals surface area contributed by atoms with E-state index >= 15 is 0 Å². The number of rotatable bonds is 2. The van der Waals surface area contributed by atoms with Crippen molar-refractivity contribution >= 4 is 0 Å². The number of alkyl halides is 6. The molecule has 1 aliphatic rings. The molecule has 2 atom stereocenters. The summed E-state index contributed by atoms with van der Waals surface area (Å²) in [6, 6.07) is 0. The molecule has 0 aromatic heterocycles. The van der Waals surface area contributed by atoms with Gasteiger partial charge in [0.15, 0.2) is 0 Å². The van der Waals surface area contributed by atoms with E-state index in [-0.39, 0.29) is 12.8 Å². The van der Waals surface area contributed by atoms with Gasteiger partial charge in [-0.15, -0.1) is 0 Å². The number of hydrogen-bond donors (Lipinski definition) is 0. The standard InChI is InChI=1S/C8H10F6/c1-2-6(8(12,13)14)3-5(6)4-7(9,10)11/h5H,2-4H2,1H3. The van der Waals surface area contributed by atoms with E-state index in [2.05, 4.69) is 0 Å². The fourth-order valence-corrected chi connectivity index (χ4v) is 1.91. The summed E-state index contributed by atoms with van der Waals surface area (Å²) in [5.41, 5.74) is -2.07. The van der Waals surface area contributed by atoms with Crippen molar-refractivity contribution in [2.45, 2.75) is 38.5 Å². The Labute approximate surface area is 77.3 Å². The van der Waals surface area contributed by atoms with Crippen molar-refractivity contribution in [3.8, 4) is 0 Å². The van der Waals surface area contributed by atoms with Gasteiger partial charge in [0, 0.05) is 6.42 Å². The summed E-state index contributed by atoms with van der Waals surface area (Å²) in [5, 5.41) is 0. The molecule has 14 heavy (non-hydrogen) atoms. The van der Waals surface area contributed by atoms with Crippen LogP contribution in [0.4, 0.5) is 26.3 Å². The predicted octanol–water partition coefficient (Wildman–Crippen LogP) is 3.92. The summed E-state index contributed by atoms with van der Waals surface area (Å²) in [5.74, 6) is -1.27. The Morgan fingerprint density at radius 1 is 1.14 bits per heavy atom. The quantitative estimate of drug-likeness (QED) is 0.619. The summed E-state index contributed by atoms with van der Waals surface area (Å²) in [6.45, 7) is 1.28. The van der Waals surface area contributed by atoms with Crippen LogP contribution in [0.15, 0.2) is 0 Å². The lowest BCUT2D eigenvalue weighted by Crippen LogP contribution is -2.27. The summed E-state index contributed by atoms with van der Waals surface area (Å²) in [7, 11) is 0. The van der Waals surface area contributed by atoms with Gasteiger partial charge in [-0.05, 0) is 18.8 Å². The van der Waals surface area contributed by atoms with Gasteiger partial charge < -0.3 is 0 Å². The third kappa shape index (κ3) is 1.98. The minimum atomic E-state index is -4.50. The highest BCUT2D eigenvalue weighted by molar-refractivity contribution is 5.06. The third-order valence-electron chi connectivity index (χ3n) is 2.91. The molecular formula is C8H10F6. The molecule has 0 radical (unpaired) electrons. The largest absolute Gasteiger partial charge is 0.394 e. The van der Waals surface area contributed by atoms with E-state index in [0.717, 1.165) is 0 Å². The SMILES string of the molecule is CCC1(C(F)(F)F)CC1CC(F)(F)F. The van der Waals surface area contributed by atoms with Crippen molar-refractivity contribution in [2.24, 2.45) is 11.3 Å². The highest BCUT2D eigenvalue weighted by Gasteiger charge is 2.70. The molecule has 84 valence electrons. The van der Waals surface area contributed by atoms with Gasteiger partial charge in [-0.2, -0.15) is 26.3 Å². The van der Waals surface area contributed by atoms with Gasteiger partial charge in [-0.1, -0.05) is 6.92 Å². The maximum Gasteiger partial charge on any atom is 0.394 e. The van der Waals surface area contributed by atoms with Crippen LogP contribution < -0.4 is 0 Å². The fraction of sp³-hybridized carbons (Fsp3) is 1.00. The Kier molecular flexibility index (Phi) is 2.53. The summed E-state index contributed by atoms with van der Waals surface area (Å²) < 4.78 is 72.6. The minimum Gasteiger partial charge on any atom is -0.171 e. The average molecular weight is 220 g/mol.